The molecule has 1 amide bonds. The highest BCUT2D eigenvalue weighted by atomic mass is 16.1. The number of nitrogens with zero attached hydrogens (tertiary/aromatic N) is 1. The largest absolute Gasteiger partial charge is 0.373 e. The van der Waals surface area contributed by atoms with Crippen LogP contribution in [-0.2, 0) is 0 Å². The molecule has 4 heteroatoms. The van der Waals surface area contributed by atoms with E-state index < -0.39 is 0 Å². The Balaban J connectivity index is 2.39. The standard InChI is InChI=1S/C16H21N3O/c1-16(2,3)10-18-15(20)12-9-14(17-4)19-13-8-6-5-7-11(12)13/h5-9H,10H2,1-4H3,(H,17,19)(H,18,20). The van der Waals surface area contributed by atoms with Gasteiger partial charge in [-0.05, 0) is 17.5 Å². The topological polar surface area (TPSA) is 54.0 Å². The van der Waals surface area contributed by atoms with Crippen LogP contribution in [0.1, 0.15) is 31.1 Å². The second-order valence-electron chi connectivity index (χ2n) is 6.07. The zero-order valence-corrected chi connectivity index (χ0v) is 12.4. The minimum absolute atomic E-state index is 0.0599. The fraction of sp³-hybridized carbons (Fsp3) is 0.375. The molecule has 0 fully saturated rings. The SMILES string of the molecule is CNc1cc(C(=O)NCC(C)(C)C)c2ccccc2n1. The molecule has 0 aliphatic rings. The number of anilines is 1. The summed E-state index contributed by atoms with van der Waals surface area (Å²) in [4.78, 5) is 16.9. The number of carbonyl (C=O) groups is 1. The first-order chi connectivity index (χ1) is 9.40. The molecule has 1 heterocycles. The van der Waals surface area contributed by atoms with E-state index in [9.17, 15) is 4.79 Å². The number of aromatic nitrogens is 1. The molecule has 2 aromatic rings. The van der Waals surface area contributed by atoms with Crippen LogP contribution in [0.4, 0.5) is 5.82 Å². The average Bonchev–Trinajstić information content (AvgIpc) is 2.42. The Morgan fingerprint density at radius 2 is 1.95 bits per heavy atom. The van der Waals surface area contributed by atoms with Gasteiger partial charge in [0, 0.05) is 19.0 Å². The van der Waals surface area contributed by atoms with Crippen molar-refractivity contribution in [2.24, 2.45) is 5.41 Å². The van der Waals surface area contributed by atoms with E-state index in [0.717, 1.165) is 10.9 Å². The van der Waals surface area contributed by atoms with Crippen molar-refractivity contribution in [2.45, 2.75) is 20.8 Å². The molecule has 0 bridgehead atoms. The second-order valence-corrected chi connectivity index (χ2v) is 6.07. The van der Waals surface area contributed by atoms with Crippen LogP contribution in [-0.4, -0.2) is 24.5 Å². The third-order valence-electron chi connectivity index (χ3n) is 3.00. The number of para-hydroxylation sites is 1. The Hall–Kier alpha value is -2.10. The molecule has 0 atom stereocenters. The minimum atomic E-state index is -0.0602. The van der Waals surface area contributed by atoms with Crippen LogP contribution in [0, 0.1) is 5.41 Å². The van der Waals surface area contributed by atoms with Crippen LogP contribution >= 0.6 is 0 Å². The van der Waals surface area contributed by atoms with Crippen molar-refractivity contribution in [2.75, 3.05) is 18.9 Å². The van der Waals surface area contributed by atoms with Crippen LogP contribution in [0.15, 0.2) is 30.3 Å². The van der Waals surface area contributed by atoms with E-state index >= 15 is 0 Å². The summed E-state index contributed by atoms with van der Waals surface area (Å²) >= 11 is 0. The summed E-state index contributed by atoms with van der Waals surface area (Å²) in [7, 11) is 1.80. The molecule has 1 aromatic carbocycles. The molecular weight excluding hydrogens is 250 g/mol. The molecule has 106 valence electrons. The lowest BCUT2D eigenvalue weighted by molar-refractivity contribution is 0.0941. The highest BCUT2D eigenvalue weighted by Gasteiger charge is 2.16. The van der Waals surface area contributed by atoms with Gasteiger partial charge in [-0.3, -0.25) is 4.79 Å². The number of carbonyl (C=O) groups excluding carboxylic acids is 1. The molecule has 0 spiro atoms. The lowest BCUT2D eigenvalue weighted by Crippen LogP contribution is -2.32. The Morgan fingerprint density at radius 3 is 2.60 bits per heavy atom. The fourth-order valence-corrected chi connectivity index (χ4v) is 1.93. The Labute approximate surface area is 119 Å². The number of benzene rings is 1. The second kappa shape index (κ2) is 5.49. The van der Waals surface area contributed by atoms with Crippen LogP contribution in [0.3, 0.4) is 0 Å². The molecule has 4 nitrogen and oxygen atoms in total. The van der Waals surface area contributed by atoms with Gasteiger partial charge in [-0.1, -0.05) is 39.0 Å². The Kier molecular flexibility index (Phi) is 3.93. The molecule has 0 radical (unpaired) electrons. The van der Waals surface area contributed by atoms with Gasteiger partial charge < -0.3 is 10.6 Å². The predicted octanol–water partition coefficient (Wildman–Crippen LogP) is 3.05. The van der Waals surface area contributed by atoms with Gasteiger partial charge in [0.15, 0.2) is 0 Å². The maximum absolute atomic E-state index is 12.4. The maximum Gasteiger partial charge on any atom is 0.252 e. The lowest BCUT2D eigenvalue weighted by Gasteiger charge is -2.19. The zero-order chi connectivity index (χ0) is 14.8. The Morgan fingerprint density at radius 1 is 1.25 bits per heavy atom. The minimum Gasteiger partial charge on any atom is -0.373 e. The van der Waals surface area contributed by atoms with E-state index in [1.807, 2.05) is 24.3 Å². The first-order valence-electron chi connectivity index (χ1n) is 6.76. The quantitative estimate of drug-likeness (QED) is 0.902. The van der Waals surface area contributed by atoms with Crippen LogP contribution in [0.25, 0.3) is 10.9 Å². The summed E-state index contributed by atoms with van der Waals surface area (Å²) in [5, 5.41) is 6.86. The Bertz CT molecular complexity index is 629. The van der Waals surface area contributed by atoms with Crippen molar-refractivity contribution in [3.05, 3.63) is 35.9 Å². The van der Waals surface area contributed by atoms with E-state index in [-0.39, 0.29) is 11.3 Å². The summed E-state index contributed by atoms with van der Waals surface area (Å²) in [6.07, 6.45) is 0. The molecule has 2 N–H and O–H groups in total. The normalized spacial score (nSPS) is 11.4. The predicted molar refractivity (Wildman–Crippen MR) is 83.1 cm³/mol. The number of rotatable bonds is 3. The smallest absolute Gasteiger partial charge is 0.252 e. The van der Waals surface area contributed by atoms with E-state index in [1.165, 1.54) is 0 Å². The molecule has 0 saturated heterocycles. The van der Waals surface area contributed by atoms with Gasteiger partial charge in [0.05, 0.1) is 11.1 Å². The molecule has 20 heavy (non-hydrogen) atoms. The molecule has 0 saturated carbocycles. The van der Waals surface area contributed by atoms with Gasteiger partial charge in [0.1, 0.15) is 5.82 Å². The summed E-state index contributed by atoms with van der Waals surface area (Å²) in [5.74, 6) is 0.639. The first-order valence-corrected chi connectivity index (χ1v) is 6.76. The summed E-state index contributed by atoms with van der Waals surface area (Å²) in [5.41, 5.74) is 1.54. The van der Waals surface area contributed by atoms with Gasteiger partial charge >= 0.3 is 0 Å². The van der Waals surface area contributed by atoms with E-state index in [0.29, 0.717) is 17.9 Å². The highest BCUT2D eigenvalue weighted by Crippen LogP contribution is 2.21. The molecule has 0 aliphatic heterocycles. The van der Waals surface area contributed by atoms with Crippen LogP contribution in [0.2, 0.25) is 0 Å². The van der Waals surface area contributed by atoms with Crippen molar-refractivity contribution in [1.82, 2.24) is 10.3 Å². The maximum atomic E-state index is 12.4. The number of pyridine rings is 1. The molecule has 2 rings (SSSR count). The van der Waals surface area contributed by atoms with Crippen LogP contribution in [0.5, 0.6) is 0 Å². The molecule has 0 aliphatic carbocycles. The zero-order valence-electron chi connectivity index (χ0n) is 12.4. The fourth-order valence-electron chi connectivity index (χ4n) is 1.93. The van der Waals surface area contributed by atoms with Gasteiger partial charge in [-0.2, -0.15) is 0 Å². The summed E-state index contributed by atoms with van der Waals surface area (Å²) < 4.78 is 0. The lowest BCUT2D eigenvalue weighted by atomic mass is 9.96. The van der Waals surface area contributed by atoms with E-state index in [2.05, 4.69) is 36.4 Å². The summed E-state index contributed by atoms with van der Waals surface area (Å²) in [6, 6.07) is 9.47. The van der Waals surface area contributed by atoms with Crippen molar-refractivity contribution in [1.29, 1.82) is 0 Å². The number of fused-ring (bicyclic) bond motifs is 1. The number of hydrogen-bond donors (Lipinski definition) is 2. The average molecular weight is 271 g/mol. The van der Waals surface area contributed by atoms with Crippen LogP contribution < -0.4 is 10.6 Å². The van der Waals surface area contributed by atoms with Gasteiger partial charge in [-0.15, -0.1) is 0 Å². The molecule has 1 aromatic heterocycles. The van der Waals surface area contributed by atoms with Gasteiger partial charge in [0.25, 0.3) is 5.91 Å². The summed E-state index contributed by atoms with van der Waals surface area (Å²) in [6.45, 7) is 6.92. The van der Waals surface area contributed by atoms with Crippen molar-refractivity contribution in [3.8, 4) is 0 Å². The highest BCUT2D eigenvalue weighted by molar-refractivity contribution is 6.06. The van der Waals surface area contributed by atoms with Crippen molar-refractivity contribution >= 4 is 22.6 Å². The number of hydrogen-bond acceptors (Lipinski definition) is 3. The van der Waals surface area contributed by atoms with Crippen molar-refractivity contribution < 1.29 is 4.79 Å². The number of amides is 1. The third-order valence-corrected chi connectivity index (χ3v) is 3.00. The van der Waals surface area contributed by atoms with E-state index in [4.69, 9.17) is 0 Å². The number of nitrogens with one attached hydrogen (secondary N) is 2. The molecule has 0 unspecified atom stereocenters. The van der Waals surface area contributed by atoms with E-state index in [1.54, 1.807) is 13.1 Å². The van der Waals surface area contributed by atoms with Crippen molar-refractivity contribution in [3.63, 3.8) is 0 Å². The monoisotopic (exact) mass is 271 g/mol. The third kappa shape index (κ3) is 3.26. The van der Waals surface area contributed by atoms with Gasteiger partial charge in [-0.25, -0.2) is 4.98 Å². The van der Waals surface area contributed by atoms with Gasteiger partial charge in [0.2, 0.25) is 0 Å². The first kappa shape index (κ1) is 14.3. The molecular formula is C16H21N3O.